The molecule has 0 aliphatic carbocycles. The number of thiophene rings is 1. The van der Waals surface area contributed by atoms with Crippen LogP contribution < -0.4 is 9.64 Å². The highest BCUT2D eigenvalue weighted by molar-refractivity contribution is 7.20. The summed E-state index contributed by atoms with van der Waals surface area (Å²) >= 11 is 3.15. The molecule has 3 aromatic rings. The highest BCUT2D eigenvalue weighted by atomic mass is 32.1. The van der Waals surface area contributed by atoms with Gasteiger partial charge in [0.05, 0.1) is 17.7 Å². The lowest BCUT2D eigenvalue weighted by molar-refractivity contribution is 0.0980. The molecule has 0 saturated heterocycles. The molecule has 1 aliphatic rings. The minimum Gasteiger partial charge on any atom is -0.495 e. The van der Waals surface area contributed by atoms with Gasteiger partial charge in [0.15, 0.2) is 0 Å². The summed E-state index contributed by atoms with van der Waals surface area (Å²) in [6.45, 7) is 0.693. The van der Waals surface area contributed by atoms with Gasteiger partial charge in [0.25, 0.3) is 5.91 Å². The molecule has 1 amide bonds. The molecule has 3 heterocycles. The Morgan fingerprint density at radius 2 is 2.17 bits per heavy atom. The lowest BCUT2D eigenvalue weighted by Gasteiger charge is -2.30. The summed E-state index contributed by atoms with van der Waals surface area (Å²) in [5.41, 5.74) is 2.55. The van der Waals surface area contributed by atoms with E-state index in [9.17, 15) is 4.79 Å². The molecule has 0 saturated carbocycles. The van der Waals surface area contributed by atoms with Crippen molar-refractivity contribution in [2.45, 2.75) is 12.8 Å². The Labute approximate surface area is 148 Å². The van der Waals surface area contributed by atoms with E-state index in [1.807, 2.05) is 39.9 Å². The zero-order chi connectivity index (χ0) is 16.5. The van der Waals surface area contributed by atoms with Gasteiger partial charge in [-0.1, -0.05) is 18.2 Å². The first-order chi connectivity index (χ1) is 11.8. The zero-order valence-corrected chi connectivity index (χ0v) is 14.8. The van der Waals surface area contributed by atoms with Crippen LogP contribution in [0.5, 0.6) is 5.75 Å². The van der Waals surface area contributed by atoms with E-state index < -0.39 is 0 Å². The molecule has 0 bridgehead atoms. The fourth-order valence-electron chi connectivity index (χ4n) is 3.01. The molecule has 6 heteroatoms. The molecular formula is C18H16N2O2S2. The van der Waals surface area contributed by atoms with Crippen LogP contribution in [-0.4, -0.2) is 24.5 Å². The van der Waals surface area contributed by atoms with Crippen LogP contribution in [0.4, 0.5) is 5.69 Å². The summed E-state index contributed by atoms with van der Waals surface area (Å²) in [4.78, 5) is 20.5. The van der Waals surface area contributed by atoms with Crippen LogP contribution >= 0.6 is 22.7 Å². The molecule has 122 valence electrons. The second-order valence-corrected chi connectivity index (χ2v) is 7.35. The van der Waals surface area contributed by atoms with Gasteiger partial charge in [-0.15, -0.1) is 22.7 Å². The summed E-state index contributed by atoms with van der Waals surface area (Å²) in [6.07, 6.45) is 1.92. The molecule has 2 aromatic heterocycles. The van der Waals surface area contributed by atoms with Gasteiger partial charge >= 0.3 is 0 Å². The summed E-state index contributed by atoms with van der Waals surface area (Å²) in [5.74, 6) is 0.689. The maximum absolute atomic E-state index is 13.0. The number of carbonyl (C=O) groups excluding carboxylic acids is 1. The third-order valence-corrected chi connectivity index (χ3v) is 5.98. The van der Waals surface area contributed by atoms with E-state index in [1.54, 1.807) is 18.4 Å². The van der Waals surface area contributed by atoms with E-state index in [2.05, 4.69) is 11.1 Å². The Morgan fingerprint density at radius 1 is 1.25 bits per heavy atom. The molecular weight excluding hydrogens is 340 g/mol. The fraction of sp³-hybridized carbons (Fsp3) is 0.222. The molecule has 24 heavy (non-hydrogen) atoms. The first-order valence-corrected chi connectivity index (χ1v) is 9.51. The number of benzene rings is 1. The number of nitrogens with zero attached hydrogens (tertiary/aromatic N) is 2. The molecule has 4 rings (SSSR count). The Hall–Kier alpha value is -2.18. The van der Waals surface area contributed by atoms with Crippen molar-refractivity contribution in [3.63, 3.8) is 0 Å². The Balaban J connectivity index is 1.69. The second-order valence-electron chi connectivity index (χ2n) is 5.54. The topological polar surface area (TPSA) is 42.4 Å². The Kier molecular flexibility index (Phi) is 4.08. The predicted molar refractivity (Wildman–Crippen MR) is 98.4 cm³/mol. The highest BCUT2D eigenvalue weighted by Crippen LogP contribution is 2.37. The minimum absolute atomic E-state index is 0.0560. The monoisotopic (exact) mass is 356 g/mol. The minimum atomic E-state index is -0.0560. The van der Waals surface area contributed by atoms with Crippen LogP contribution in [0.15, 0.2) is 41.1 Å². The van der Waals surface area contributed by atoms with Crippen molar-refractivity contribution in [1.29, 1.82) is 0 Å². The average Bonchev–Trinajstić information content (AvgIpc) is 3.31. The molecule has 1 aromatic carbocycles. The number of aromatic nitrogens is 1. The average molecular weight is 356 g/mol. The third-order valence-electron chi connectivity index (χ3n) is 4.10. The molecule has 0 unspecified atom stereocenters. The van der Waals surface area contributed by atoms with Crippen LogP contribution in [0.2, 0.25) is 0 Å². The number of anilines is 1. The SMILES string of the molecule is COc1cccc2c1N(C(=O)c1csc(-c3cccs3)n1)CCC2. The first kappa shape index (κ1) is 15.4. The maximum Gasteiger partial charge on any atom is 0.277 e. The zero-order valence-electron chi connectivity index (χ0n) is 13.2. The van der Waals surface area contributed by atoms with Crippen LogP contribution in [0.3, 0.4) is 0 Å². The van der Waals surface area contributed by atoms with E-state index in [-0.39, 0.29) is 5.91 Å². The Bertz CT molecular complexity index is 857. The van der Waals surface area contributed by atoms with Gasteiger partial charge in [0.2, 0.25) is 0 Å². The summed E-state index contributed by atoms with van der Waals surface area (Å²) < 4.78 is 5.48. The lowest BCUT2D eigenvalue weighted by Crippen LogP contribution is -2.36. The number of rotatable bonds is 3. The fourth-order valence-corrected chi connectivity index (χ4v) is 4.61. The molecule has 0 N–H and O–H groups in total. The number of hydrogen-bond donors (Lipinski definition) is 0. The molecule has 1 aliphatic heterocycles. The van der Waals surface area contributed by atoms with Gasteiger partial charge in [0, 0.05) is 11.9 Å². The third kappa shape index (κ3) is 2.61. The van der Waals surface area contributed by atoms with Crippen LogP contribution in [0, 0.1) is 0 Å². The van der Waals surface area contributed by atoms with Gasteiger partial charge in [-0.3, -0.25) is 4.79 Å². The summed E-state index contributed by atoms with van der Waals surface area (Å²) in [6, 6.07) is 9.97. The number of methoxy groups -OCH3 is 1. The standard InChI is InChI=1S/C18H16N2O2S2/c1-22-14-7-2-5-12-6-3-9-20(16(12)14)18(21)13-11-24-17(19-13)15-8-4-10-23-15/h2,4-5,7-8,10-11H,3,6,9H2,1H3. The number of hydrogen-bond acceptors (Lipinski definition) is 5. The van der Waals surface area contributed by atoms with Crippen molar-refractivity contribution in [3.8, 4) is 15.6 Å². The molecule has 0 fully saturated rings. The second kappa shape index (κ2) is 6.37. The molecule has 0 spiro atoms. The van der Waals surface area contributed by atoms with E-state index in [1.165, 1.54) is 11.3 Å². The van der Waals surface area contributed by atoms with E-state index in [0.29, 0.717) is 12.2 Å². The van der Waals surface area contributed by atoms with Gasteiger partial charge < -0.3 is 9.64 Å². The van der Waals surface area contributed by atoms with Crippen LogP contribution in [0.1, 0.15) is 22.5 Å². The quantitative estimate of drug-likeness (QED) is 0.695. The van der Waals surface area contributed by atoms with Gasteiger partial charge in [-0.05, 0) is 35.9 Å². The maximum atomic E-state index is 13.0. The number of ether oxygens (including phenoxy) is 1. The predicted octanol–water partition coefficient (Wildman–Crippen LogP) is 4.47. The first-order valence-electron chi connectivity index (χ1n) is 7.75. The number of aryl methyl sites for hydroxylation is 1. The van der Waals surface area contributed by atoms with Gasteiger partial charge in [0.1, 0.15) is 16.5 Å². The molecule has 0 atom stereocenters. The Morgan fingerprint density at radius 3 is 2.96 bits per heavy atom. The van der Waals surface area contributed by atoms with E-state index >= 15 is 0 Å². The normalized spacial score (nSPS) is 13.6. The van der Waals surface area contributed by atoms with Gasteiger partial charge in [-0.25, -0.2) is 4.98 Å². The van der Waals surface area contributed by atoms with Crippen molar-refractivity contribution >= 4 is 34.3 Å². The van der Waals surface area contributed by atoms with E-state index in [4.69, 9.17) is 4.74 Å². The van der Waals surface area contributed by atoms with Crippen molar-refractivity contribution < 1.29 is 9.53 Å². The summed E-state index contributed by atoms with van der Waals surface area (Å²) in [7, 11) is 1.64. The van der Waals surface area contributed by atoms with Crippen LogP contribution in [-0.2, 0) is 6.42 Å². The highest BCUT2D eigenvalue weighted by Gasteiger charge is 2.28. The van der Waals surface area contributed by atoms with Crippen molar-refractivity contribution in [2.24, 2.45) is 0 Å². The molecule has 0 radical (unpaired) electrons. The lowest BCUT2D eigenvalue weighted by atomic mass is 10.0. The van der Waals surface area contributed by atoms with Crippen molar-refractivity contribution in [3.05, 3.63) is 52.3 Å². The largest absolute Gasteiger partial charge is 0.495 e. The number of carbonyl (C=O) groups is 1. The van der Waals surface area contributed by atoms with Crippen LogP contribution in [0.25, 0.3) is 9.88 Å². The molecule has 4 nitrogen and oxygen atoms in total. The number of thiazole rings is 1. The smallest absolute Gasteiger partial charge is 0.277 e. The number of fused-ring (bicyclic) bond motifs is 1. The van der Waals surface area contributed by atoms with Crippen molar-refractivity contribution in [2.75, 3.05) is 18.6 Å². The van der Waals surface area contributed by atoms with Crippen molar-refractivity contribution in [1.82, 2.24) is 4.98 Å². The number of amides is 1. The van der Waals surface area contributed by atoms with Gasteiger partial charge in [-0.2, -0.15) is 0 Å². The summed E-state index contributed by atoms with van der Waals surface area (Å²) in [5, 5.41) is 4.76. The number of para-hydroxylation sites is 1. The van der Waals surface area contributed by atoms with E-state index in [0.717, 1.165) is 39.7 Å².